The summed E-state index contributed by atoms with van der Waals surface area (Å²) in [5, 5.41) is 0. The Hall–Kier alpha value is -2.43. The van der Waals surface area contributed by atoms with E-state index in [1.165, 1.54) is 6.20 Å². The summed E-state index contributed by atoms with van der Waals surface area (Å²) in [7, 11) is 0. The third kappa shape index (κ3) is 1.15. The first-order valence-corrected chi connectivity index (χ1v) is 4.79. The number of hydrogen-bond acceptors (Lipinski definition) is 3. The highest BCUT2D eigenvalue weighted by molar-refractivity contribution is 6.04. The van der Waals surface area contributed by atoms with Gasteiger partial charge in [-0.05, 0) is 12.1 Å². The number of nitrogens with two attached hydrogens (primary N) is 1. The number of fused-ring (bicyclic) bond motifs is 2. The average Bonchev–Trinajstić information content (AvgIpc) is 2.68. The van der Waals surface area contributed by atoms with Crippen LogP contribution in [0.3, 0.4) is 0 Å². The first-order chi connectivity index (χ1) is 7.75. The Morgan fingerprint density at radius 2 is 1.88 bits per heavy atom. The number of nitrogens with one attached hydrogen (secondary N) is 1. The highest BCUT2D eigenvalue weighted by atomic mass is 16.1. The van der Waals surface area contributed by atoms with Gasteiger partial charge in [-0.15, -0.1) is 0 Å². The lowest BCUT2D eigenvalue weighted by Crippen LogP contribution is -2.10. The van der Waals surface area contributed by atoms with Crippen molar-refractivity contribution in [2.75, 3.05) is 0 Å². The van der Waals surface area contributed by atoms with Crippen molar-refractivity contribution in [2.24, 2.45) is 5.73 Å². The zero-order valence-electron chi connectivity index (χ0n) is 8.27. The van der Waals surface area contributed by atoms with Crippen LogP contribution in [-0.2, 0) is 0 Å². The van der Waals surface area contributed by atoms with Crippen molar-refractivity contribution < 1.29 is 4.79 Å². The number of benzene rings is 1. The van der Waals surface area contributed by atoms with E-state index in [1.807, 2.05) is 24.3 Å². The molecule has 0 atom stereocenters. The molecule has 0 aliphatic carbocycles. The van der Waals surface area contributed by atoms with Gasteiger partial charge in [-0.3, -0.25) is 4.79 Å². The van der Waals surface area contributed by atoms with Crippen LogP contribution in [-0.4, -0.2) is 20.9 Å². The van der Waals surface area contributed by atoms with Crippen LogP contribution in [0.5, 0.6) is 0 Å². The van der Waals surface area contributed by atoms with Crippen LogP contribution >= 0.6 is 0 Å². The SMILES string of the molecule is NC(=O)c1c[nH]c2nc3ccccc3nc12. The van der Waals surface area contributed by atoms with Crippen molar-refractivity contribution in [3.8, 4) is 0 Å². The molecule has 0 saturated heterocycles. The summed E-state index contributed by atoms with van der Waals surface area (Å²) in [5.41, 5.74) is 8.24. The molecule has 2 aromatic heterocycles. The number of para-hydroxylation sites is 2. The Morgan fingerprint density at radius 1 is 1.19 bits per heavy atom. The summed E-state index contributed by atoms with van der Waals surface area (Å²) in [6, 6.07) is 7.48. The van der Waals surface area contributed by atoms with E-state index in [1.54, 1.807) is 0 Å². The van der Waals surface area contributed by atoms with E-state index >= 15 is 0 Å². The highest BCUT2D eigenvalue weighted by Crippen LogP contribution is 2.17. The van der Waals surface area contributed by atoms with Crippen molar-refractivity contribution in [3.05, 3.63) is 36.0 Å². The number of H-pyrrole nitrogens is 1. The lowest BCUT2D eigenvalue weighted by Gasteiger charge is -1.97. The summed E-state index contributed by atoms with van der Waals surface area (Å²) in [6.07, 6.45) is 1.53. The van der Waals surface area contributed by atoms with E-state index in [4.69, 9.17) is 5.73 Å². The summed E-state index contributed by atoms with van der Waals surface area (Å²) >= 11 is 0. The Labute approximate surface area is 90.3 Å². The Balaban J connectivity index is 2.45. The molecule has 78 valence electrons. The number of carbonyl (C=O) groups is 1. The van der Waals surface area contributed by atoms with Crippen LogP contribution in [0.2, 0.25) is 0 Å². The lowest BCUT2D eigenvalue weighted by molar-refractivity contribution is 0.100. The molecule has 3 aromatic rings. The molecule has 1 amide bonds. The maximum atomic E-state index is 11.1. The van der Waals surface area contributed by atoms with Gasteiger partial charge >= 0.3 is 0 Å². The van der Waals surface area contributed by atoms with Gasteiger partial charge < -0.3 is 10.7 Å². The molecular formula is C11H8N4O. The molecule has 3 rings (SSSR count). The minimum absolute atomic E-state index is 0.369. The van der Waals surface area contributed by atoms with E-state index in [0.29, 0.717) is 16.7 Å². The third-order valence-corrected chi connectivity index (χ3v) is 2.44. The Morgan fingerprint density at radius 3 is 2.56 bits per heavy atom. The summed E-state index contributed by atoms with van der Waals surface area (Å²) in [4.78, 5) is 22.8. The number of aromatic nitrogens is 3. The van der Waals surface area contributed by atoms with E-state index in [0.717, 1.165) is 11.0 Å². The van der Waals surface area contributed by atoms with Crippen LogP contribution in [0.25, 0.3) is 22.2 Å². The Kier molecular flexibility index (Phi) is 1.67. The fourth-order valence-corrected chi connectivity index (χ4v) is 1.69. The second-order valence-corrected chi connectivity index (χ2v) is 3.48. The van der Waals surface area contributed by atoms with Crippen molar-refractivity contribution in [3.63, 3.8) is 0 Å². The third-order valence-electron chi connectivity index (χ3n) is 2.44. The maximum Gasteiger partial charge on any atom is 0.252 e. The van der Waals surface area contributed by atoms with Gasteiger partial charge in [0.2, 0.25) is 0 Å². The van der Waals surface area contributed by atoms with Crippen molar-refractivity contribution in [1.82, 2.24) is 15.0 Å². The highest BCUT2D eigenvalue weighted by Gasteiger charge is 2.11. The molecule has 16 heavy (non-hydrogen) atoms. The molecular weight excluding hydrogens is 204 g/mol. The smallest absolute Gasteiger partial charge is 0.252 e. The molecule has 0 unspecified atom stereocenters. The van der Waals surface area contributed by atoms with Crippen LogP contribution in [0, 0.1) is 0 Å². The van der Waals surface area contributed by atoms with Crippen LogP contribution in [0.1, 0.15) is 10.4 Å². The lowest BCUT2D eigenvalue weighted by atomic mass is 10.2. The quantitative estimate of drug-likeness (QED) is 0.635. The molecule has 0 bridgehead atoms. The monoisotopic (exact) mass is 212 g/mol. The number of aromatic amines is 1. The van der Waals surface area contributed by atoms with Gasteiger partial charge in [0, 0.05) is 6.20 Å². The first kappa shape index (κ1) is 8.84. The fourth-order valence-electron chi connectivity index (χ4n) is 1.69. The molecule has 0 spiro atoms. The van der Waals surface area contributed by atoms with E-state index in [-0.39, 0.29) is 0 Å². The largest absolute Gasteiger partial charge is 0.365 e. The fraction of sp³-hybridized carbons (Fsp3) is 0. The number of rotatable bonds is 1. The second kappa shape index (κ2) is 3.03. The van der Waals surface area contributed by atoms with E-state index < -0.39 is 5.91 Å². The number of hydrogen-bond donors (Lipinski definition) is 2. The second-order valence-electron chi connectivity index (χ2n) is 3.48. The van der Waals surface area contributed by atoms with Gasteiger partial charge in [0.05, 0.1) is 16.6 Å². The molecule has 2 heterocycles. The number of nitrogens with zero attached hydrogens (tertiary/aromatic N) is 2. The minimum Gasteiger partial charge on any atom is -0.365 e. The van der Waals surface area contributed by atoms with Gasteiger partial charge in [-0.25, -0.2) is 9.97 Å². The van der Waals surface area contributed by atoms with Crippen molar-refractivity contribution in [2.45, 2.75) is 0 Å². The predicted octanol–water partition coefficient (Wildman–Crippen LogP) is 1.21. The van der Waals surface area contributed by atoms with Crippen molar-refractivity contribution in [1.29, 1.82) is 0 Å². The predicted molar refractivity (Wildman–Crippen MR) is 59.9 cm³/mol. The zero-order valence-corrected chi connectivity index (χ0v) is 8.27. The topological polar surface area (TPSA) is 84.7 Å². The zero-order chi connectivity index (χ0) is 11.1. The summed E-state index contributed by atoms with van der Waals surface area (Å²) < 4.78 is 0. The number of carbonyl (C=O) groups excluding carboxylic acids is 1. The van der Waals surface area contributed by atoms with E-state index in [2.05, 4.69) is 15.0 Å². The average molecular weight is 212 g/mol. The molecule has 5 nitrogen and oxygen atoms in total. The Bertz CT molecular complexity index is 701. The minimum atomic E-state index is -0.504. The maximum absolute atomic E-state index is 11.1. The van der Waals surface area contributed by atoms with Crippen molar-refractivity contribution >= 4 is 28.1 Å². The standard InChI is InChI=1S/C11H8N4O/c12-10(16)6-5-13-11-9(6)14-7-3-1-2-4-8(7)15-11/h1-5H,(H2,12,16)(H,13,15). The van der Waals surface area contributed by atoms with Gasteiger partial charge in [0.15, 0.2) is 5.65 Å². The molecule has 0 radical (unpaired) electrons. The van der Waals surface area contributed by atoms with Crippen LogP contribution in [0.15, 0.2) is 30.5 Å². The van der Waals surface area contributed by atoms with Gasteiger partial charge in [0.1, 0.15) is 5.52 Å². The normalized spacial score (nSPS) is 11.0. The van der Waals surface area contributed by atoms with Gasteiger partial charge in [0.25, 0.3) is 5.91 Å². The van der Waals surface area contributed by atoms with Gasteiger partial charge in [-0.1, -0.05) is 12.1 Å². The number of primary amides is 1. The molecule has 0 aliphatic heterocycles. The first-order valence-electron chi connectivity index (χ1n) is 4.79. The molecule has 0 aliphatic rings. The van der Waals surface area contributed by atoms with Gasteiger partial charge in [-0.2, -0.15) is 0 Å². The molecule has 0 saturated carbocycles. The van der Waals surface area contributed by atoms with E-state index in [9.17, 15) is 4.79 Å². The summed E-state index contributed by atoms with van der Waals surface area (Å²) in [6.45, 7) is 0. The molecule has 5 heteroatoms. The number of amides is 1. The van der Waals surface area contributed by atoms with Crippen LogP contribution in [0.4, 0.5) is 0 Å². The molecule has 1 aromatic carbocycles. The molecule has 0 fully saturated rings. The van der Waals surface area contributed by atoms with Crippen LogP contribution < -0.4 is 5.73 Å². The summed E-state index contributed by atoms with van der Waals surface area (Å²) in [5.74, 6) is -0.504. The molecule has 3 N–H and O–H groups in total.